The number of amides is 1. The van der Waals surface area contributed by atoms with Crippen molar-refractivity contribution >= 4 is 45.6 Å². The molecule has 4 rings (SSSR count). The predicted molar refractivity (Wildman–Crippen MR) is 108 cm³/mol. The molecular weight excluding hydrogens is 400 g/mol. The van der Waals surface area contributed by atoms with E-state index in [0.29, 0.717) is 31.5 Å². The summed E-state index contributed by atoms with van der Waals surface area (Å²) in [6.45, 7) is -0.174. The third-order valence-electron chi connectivity index (χ3n) is 3.81. The molecule has 0 unspecified atom stereocenters. The quantitative estimate of drug-likeness (QED) is 0.544. The minimum absolute atomic E-state index is 0.174. The lowest BCUT2D eigenvalue weighted by Gasteiger charge is -2.09. The molecule has 0 saturated heterocycles. The van der Waals surface area contributed by atoms with E-state index in [1.54, 1.807) is 42.5 Å². The van der Waals surface area contributed by atoms with Gasteiger partial charge in [-0.25, -0.2) is 4.98 Å². The summed E-state index contributed by atoms with van der Waals surface area (Å²) in [4.78, 5) is 29.0. The summed E-state index contributed by atoms with van der Waals surface area (Å²) in [6, 6.07) is 14.0. The molecule has 28 heavy (non-hydrogen) atoms. The third-order valence-corrected chi connectivity index (χ3v) is 5.04. The number of thiazole rings is 1. The molecule has 2 aromatic heterocycles. The van der Waals surface area contributed by atoms with E-state index in [4.69, 9.17) is 16.3 Å². The fraction of sp³-hybridized carbons (Fsp3) is 0.0526. The second-order valence-electron chi connectivity index (χ2n) is 5.75. The first kappa shape index (κ1) is 18.1. The summed E-state index contributed by atoms with van der Waals surface area (Å²) in [7, 11) is 0. The molecule has 7 nitrogen and oxygen atoms in total. The summed E-state index contributed by atoms with van der Waals surface area (Å²) in [6.07, 6.45) is 3.04. The molecule has 1 N–H and O–H groups in total. The van der Waals surface area contributed by atoms with Crippen LogP contribution >= 0.6 is 22.9 Å². The van der Waals surface area contributed by atoms with Crippen LogP contribution in [0.3, 0.4) is 0 Å². The zero-order valence-corrected chi connectivity index (χ0v) is 15.9. The van der Waals surface area contributed by atoms with E-state index < -0.39 is 0 Å². The molecule has 0 atom stereocenters. The Kier molecular flexibility index (Phi) is 5.05. The highest BCUT2D eigenvalue weighted by Crippen LogP contribution is 2.19. The number of ether oxygens (including phenoxy) is 1. The summed E-state index contributed by atoms with van der Waals surface area (Å²) in [5, 5.41) is 7.22. The van der Waals surface area contributed by atoms with Crippen molar-refractivity contribution in [3.63, 3.8) is 0 Å². The van der Waals surface area contributed by atoms with Crippen molar-refractivity contribution < 1.29 is 9.53 Å². The Hall–Kier alpha value is -3.23. The maximum Gasteiger partial charge on any atom is 0.291 e. The number of carbonyl (C=O) groups excluding carboxylic acids is 1. The van der Waals surface area contributed by atoms with E-state index in [9.17, 15) is 9.59 Å². The van der Waals surface area contributed by atoms with Gasteiger partial charge in [0, 0.05) is 16.3 Å². The maximum atomic E-state index is 12.3. The van der Waals surface area contributed by atoms with Gasteiger partial charge in [-0.2, -0.15) is 9.61 Å². The number of nitrogens with one attached hydrogen (secondary N) is 1. The van der Waals surface area contributed by atoms with Crippen LogP contribution in [0.5, 0.6) is 5.75 Å². The molecule has 2 aromatic carbocycles. The Bertz CT molecular complexity index is 1250. The van der Waals surface area contributed by atoms with Crippen molar-refractivity contribution in [2.45, 2.75) is 0 Å². The minimum atomic E-state index is -0.305. The van der Waals surface area contributed by atoms with Gasteiger partial charge in [0.05, 0.1) is 4.53 Å². The average molecular weight is 413 g/mol. The van der Waals surface area contributed by atoms with Gasteiger partial charge in [-0.05, 0) is 36.4 Å². The molecule has 0 spiro atoms. The highest BCUT2D eigenvalue weighted by molar-refractivity contribution is 7.15. The largest absolute Gasteiger partial charge is 0.483 e. The smallest absolute Gasteiger partial charge is 0.291 e. The van der Waals surface area contributed by atoms with Crippen LogP contribution in [0, 0.1) is 0 Å². The van der Waals surface area contributed by atoms with E-state index >= 15 is 0 Å². The minimum Gasteiger partial charge on any atom is -0.483 e. The number of anilines is 1. The van der Waals surface area contributed by atoms with Crippen LogP contribution in [0.25, 0.3) is 11.0 Å². The first-order valence-electron chi connectivity index (χ1n) is 8.22. The molecular formula is C19H13ClN4O3S. The van der Waals surface area contributed by atoms with Crippen LogP contribution in [0.15, 0.2) is 59.7 Å². The molecule has 0 aliphatic heterocycles. The van der Waals surface area contributed by atoms with Crippen molar-refractivity contribution in [3.8, 4) is 5.75 Å². The number of hydrogen-bond acceptors (Lipinski definition) is 6. The van der Waals surface area contributed by atoms with Crippen LogP contribution in [0.1, 0.15) is 5.56 Å². The Labute approximate surface area is 167 Å². The van der Waals surface area contributed by atoms with Gasteiger partial charge in [0.2, 0.25) is 4.96 Å². The number of aromatic nitrogens is 3. The number of benzene rings is 2. The van der Waals surface area contributed by atoms with E-state index in [-0.39, 0.29) is 18.1 Å². The fourth-order valence-corrected chi connectivity index (χ4v) is 3.52. The van der Waals surface area contributed by atoms with E-state index in [2.05, 4.69) is 15.4 Å². The first-order valence-corrected chi connectivity index (χ1v) is 9.41. The average Bonchev–Trinajstić information content (AvgIpc) is 3.26. The Morgan fingerprint density at radius 3 is 2.79 bits per heavy atom. The van der Waals surface area contributed by atoms with Gasteiger partial charge in [0.15, 0.2) is 6.61 Å². The summed E-state index contributed by atoms with van der Waals surface area (Å²) in [5.74, 6) is 0.188. The lowest BCUT2D eigenvalue weighted by molar-refractivity contribution is -0.118. The van der Waals surface area contributed by atoms with Crippen LogP contribution in [0.2, 0.25) is 5.02 Å². The number of halogens is 1. The van der Waals surface area contributed by atoms with Crippen LogP contribution in [0.4, 0.5) is 5.69 Å². The van der Waals surface area contributed by atoms with Crippen molar-refractivity contribution in [2.75, 3.05) is 11.9 Å². The molecule has 0 fully saturated rings. The van der Waals surface area contributed by atoms with Gasteiger partial charge in [0.25, 0.3) is 11.5 Å². The Balaban J connectivity index is 1.51. The zero-order chi connectivity index (χ0) is 19.5. The number of para-hydroxylation sites is 1. The molecule has 0 aliphatic carbocycles. The fourth-order valence-electron chi connectivity index (χ4n) is 2.52. The monoisotopic (exact) mass is 412 g/mol. The number of hydrogen-bond donors (Lipinski definition) is 1. The molecule has 4 aromatic rings. The lowest BCUT2D eigenvalue weighted by Crippen LogP contribution is -2.23. The highest BCUT2D eigenvalue weighted by atomic mass is 35.5. The maximum absolute atomic E-state index is 12.3. The van der Waals surface area contributed by atoms with E-state index in [1.165, 1.54) is 22.2 Å². The Morgan fingerprint density at radius 2 is 2.00 bits per heavy atom. The van der Waals surface area contributed by atoms with E-state index in [0.717, 1.165) is 0 Å². The van der Waals surface area contributed by atoms with Crippen molar-refractivity contribution in [3.05, 3.63) is 80.3 Å². The third kappa shape index (κ3) is 3.88. The molecule has 1 amide bonds. The normalized spacial score (nSPS) is 11.7. The molecule has 9 heteroatoms. The number of carbonyl (C=O) groups is 1. The molecule has 2 heterocycles. The summed E-state index contributed by atoms with van der Waals surface area (Å²) < 4.78 is 7.39. The topological polar surface area (TPSA) is 85.6 Å². The van der Waals surface area contributed by atoms with Gasteiger partial charge >= 0.3 is 0 Å². The number of fused-ring (bicyclic) bond motifs is 1. The predicted octanol–water partition coefficient (Wildman–Crippen LogP) is 2.37. The van der Waals surface area contributed by atoms with Crippen molar-refractivity contribution in [1.82, 2.24) is 14.6 Å². The second-order valence-corrected chi connectivity index (χ2v) is 7.20. The van der Waals surface area contributed by atoms with Gasteiger partial charge in [-0.15, -0.1) is 0 Å². The molecule has 0 saturated carbocycles. The highest BCUT2D eigenvalue weighted by Gasteiger charge is 2.09. The molecule has 0 radical (unpaired) electrons. The zero-order valence-electron chi connectivity index (χ0n) is 14.3. The molecule has 140 valence electrons. The summed E-state index contributed by atoms with van der Waals surface area (Å²) >= 11 is 7.07. The summed E-state index contributed by atoms with van der Waals surface area (Å²) in [5.41, 5.74) is 1.07. The van der Waals surface area contributed by atoms with E-state index in [1.807, 2.05) is 12.1 Å². The van der Waals surface area contributed by atoms with Crippen LogP contribution in [-0.2, 0) is 4.79 Å². The molecule has 0 bridgehead atoms. The Morgan fingerprint density at radius 1 is 1.21 bits per heavy atom. The second kappa shape index (κ2) is 7.79. The standard InChI is InChI=1S/C19H13ClN4O3S/c20-13-5-7-14(8-6-13)23-17(25)10-27-15-4-2-1-3-12(15)9-16-18(26)24-19(28-16)21-11-22-24/h1-9,11H,10H2,(H,23,25)/b16-9-. The van der Waals surface area contributed by atoms with Crippen LogP contribution in [-0.4, -0.2) is 27.1 Å². The van der Waals surface area contributed by atoms with Gasteiger partial charge in [0.1, 0.15) is 12.1 Å². The van der Waals surface area contributed by atoms with Crippen LogP contribution < -0.4 is 20.1 Å². The van der Waals surface area contributed by atoms with Crippen molar-refractivity contribution in [2.24, 2.45) is 0 Å². The van der Waals surface area contributed by atoms with Gasteiger partial charge in [-0.3, -0.25) is 9.59 Å². The number of rotatable bonds is 5. The lowest BCUT2D eigenvalue weighted by atomic mass is 10.2. The number of nitrogens with zero attached hydrogens (tertiary/aromatic N) is 3. The van der Waals surface area contributed by atoms with Gasteiger partial charge in [-0.1, -0.05) is 41.1 Å². The van der Waals surface area contributed by atoms with Gasteiger partial charge < -0.3 is 10.1 Å². The SMILES string of the molecule is O=C(COc1ccccc1/C=c1\sc2ncnn2c1=O)Nc1ccc(Cl)cc1. The molecule has 0 aliphatic rings. The first-order chi connectivity index (χ1) is 13.6. The van der Waals surface area contributed by atoms with Crippen molar-refractivity contribution in [1.29, 1.82) is 0 Å².